The lowest BCUT2D eigenvalue weighted by molar-refractivity contribution is 0.0934. The molecule has 1 aromatic carbocycles. The lowest BCUT2D eigenvalue weighted by atomic mass is 9.81. The summed E-state index contributed by atoms with van der Waals surface area (Å²) in [6.45, 7) is 7.92. The van der Waals surface area contributed by atoms with Gasteiger partial charge in [0, 0.05) is 0 Å². The smallest absolute Gasteiger partial charge is 0.130 e. The van der Waals surface area contributed by atoms with E-state index in [1.165, 1.54) is 0 Å². The van der Waals surface area contributed by atoms with Crippen molar-refractivity contribution in [3.8, 4) is 11.5 Å². The van der Waals surface area contributed by atoms with Crippen LogP contribution in [0.2, 0.25) is 0 Å². The molecule has 94 valence electrons. The highest BCUT2D eigenvalue weighted by atomic mass is 16.6. The summed E-state index contributed by atoms with van der Waals surface area (Å²) in [6, 6.07) is 7.62. The number of ether oxygens (including phenoxy) is 3. The number of rotatable bonds is 4. The Hall–Kier alpha value is -1.22. The van der Waals surface area contributed by atoms with E-state index in [2.05, 4.69) is 20.8 Å². The van der Waals surface area contributed by atoms with Crippen molar-refractivity contribution in [1.82, 2.24) is 0 Å². The Balaban J connectivity index is 1.94. The number of methoxy groups -OCH3 is 1. The van der Waals surface area contributed by atoms with Crippen LogP contribution in [0.15, 0.2) is 24.3 Å². The van der Waals surface area contributed by atoms with Crippen LogP contribution in [0.4, 0.5) is 0 Å². The van der Waals surface area contributed by atoms with E-state index in [4.69, 9.17) is 14.2 Å². The summed E-state index contributed by atoms with van der Waals surface area (Å²) in [7, 11) is 1.66. The minimum absolute atomic E-state index is 0.111. The highest BCUT2D eigenvalue weighted by molar-refractivity contribution is 5.31. The topological polar surface area (TPSA) is 31.0 Å². The van der Waals surface area contributed by atoms with Gasteiger partial charge in [-0.05, 0) is 29.7 Å². The summed E-state index contributed by atoms with van der Waals surface area (Å²) >= 11 is 0. The van der Waals surface area contributed by atoms with Crippen LogP contribution in [0.25, 0.3) is 0 Å². The minimum atomic E-state index is -0.118. The van der Waals surface area contributed by atoms with Crippen LogP contribution < -0.4 is 9.47 Å². The first-order valence-electron chi connectivity index (χ1n) is 5.88. The van der Waals surface area contributed by atoms with Crippen LogP contribution in [0.1, 0.15) is 20.8 Å². The van der Waals surface area contributed by atoms with Gasteiger partial charge >= 0.3 is 0 Å². The fourth-order valence-corrected chi connectivity index (χ4v) is 1.69. The van der Waals surface area contributed by atoms with E-state index in [0.717, 1.165) is 18.1 Å². The first kappa shape index (κ1) is 12.2. The Bertz CT molecular complexity index is 371. The molecule has 1 aliphatic rings. The van der Waals surface area contributed by atoms with Gasteiger partial charge in [-0.2, -0.15) is 0 Å². The third-order valence-corrected chi connectivity index (χ3v) is 3.39. The third-order valence-electron chi connectivity index (χ3n) is 3.39. The van der Waals surface area contributed by atoms with E-state index >= 15 is 0 Å². The van der Waals surface area contributed by atoms with E-state index in [-0.39, 0.29) is 11.0 Å². The van der Waals surface area contributed by atoms with Gasteiger partial charge in [0.15, 0.2) is 0 Å². The summed E-state index contributed by atoms with van der Waals surface area (Å²) in [5, 5.41) is 0. The highest BCUT2D eigenvalue weighted by Gasteiger charge is 2.55. The molecule has 0 aliphatic carbocycles. The van der Waals surface area contributed by atoms with Gasteiger partial charge in [-0.1, -0.05) is 20.8 Å². The van der Waals surface area contributed by atoms with Crippen molar-refractivity contribution in [2.75, 3.05) is 20.3 Å². The molecular formula is C14H20O3. The van der Waals surface area contributed by atoms with Gasteiger partial charge in [-0.3, -0.25) is 0 Å². The van der Waals surface area contributed by atoms with Crippen LogP contribution >= 0.6 is 0 Å². The van der Waals surface area contributed by atoms with Gasteiger partial charge in [-0.15, -0.1) is 0 Å². The molecule has 0 N–H and O–H groups in total. The van der Waals surface area contributed by atoms with Crippen molar-refractivity contribution in [1.29, 1.82) is 0 Å². The number of epoxide rings is 1. The summed E-state index contributed by atoms with van der Waals surface area (Å²) in [4.78, 5) is 0. The Morgan fingerprint density at radius 1 is 1.18 bits per heavy atom. The van der Waals surface area contributed by atoms with Crippen LogP contribution in [-0.2, 0) is 4.74 Å². The second kappa shape index (κ2) is 4.22. The van der Waals surface area contributed by atoms with Crippen molar-refractivity contribution in [2.45, 2.75) is 26.4 Å². The normalized spacial score (nSPS) is 23.3. The number of benzene rings is 1. The molecule has 3 heteroatoms. The zero-order valence-electron chi connectivity index (χ0n) is 10.9. The standard InChI is InChI=1S/C14H20O3/c1-13(2,3)14(10-17-14)9-16-12-7-5-11(15-4)6-8-12/h5-8H,9-10H2,1-4H3. The van der Waals surface area contributed by atoms with Crippen molar-refractivity contribution in [3.63, 3.8) is 0 Å². The summed E-state index contributed by atoms with van der Waals surface area (Å²) in [6.07, 6.45) is 0. The summed E-state index contributed by atoms with van der Waals surface area (Å²) in [5.41, 5.74) is -0.00754. The van der Waals surface area contributed by atoms with Crippen LogP contribution in [-0.4, -0.2) is 25.9 Å². The predicted octanol–water partition coefficient (Wildman–Crippen LogP) is 2.89. The number of hydrogen-bond donors (Lipinski definition) is 0. The van der Waals surface area contributed by atoms with Crippen molar-refractivity contribution >= 4 is 0 Å². The van der Waals surface area contributed by atoms with E-state index < -0.39 is 0 Å². The van der Waals surface area contributed by atoms with Gasteiger partial charge in [-0.25, -0.2) is 0 Å². The Kier molecular flexibility index (Phi) is 3.04. The first-order valence-corrected chi connectivity index (χ1v) is 5.88. The van der Waals surface area contributed by atoms with Gasteiger partial charge in [0.25, 0.3) is 0 Å². The van der Waals surface area contributed by atoms with Crippen molar-refractivity contribution < 1.29 is 14.2 Å². The summed E-state index contributed by atoms with van der Waals surface area (Å²) in [5.74, 6) is 1.69. The maximum absolute atomic E-state index is 5.78. The molecule has 17 heavy (non-hydrogen) atoms. The van der Waals surface area contributed by atoms with Crippen molar-refractivity contribution in [2.24, 2.45) is 5.41 Å². The molecule has 1 fully saturated rings. The van der Waals surface area contributed by atoms with E-state index in [1.54, 1.807) is 7.11 Å². The van der Waals surface area contributed by atoms with Gasteiger partial charge < -0.3 is 14.2 Å². The molecule has 0 saturated carbocycles. The molecule has 0 amide bonds. The molecule has 1 unspecified atom stereocenters. The minimum Gasteiger partial charge on any atom is -0.497 e. The van der Waals surface area contributed by atoms with Crippen LogP contribution in [0.5, 0.6) is 11.5 Å². The largest absolute Gasteiger partial charge is 0.497 e. The Morgan fingerprint density at radius 3 is 2.12 bits per heavy atom. The molecule has 1 aromatic rings. The van der Waals surface area contributed by atoms with Gasteiger partial charge in [0.05, 0.1) is 13.7 Å². The van der Waals surface area contributed by atoms with E-state index in [1.807, 2.05) is 24.3 Å². The first-order chi connectivity index (χ1) is 7.97. The Morgan fingerprint density at radius 2 is 1.71 bits per heavy atom. The lowest BCUT2D eigenvalue weighted by Gasteiger charge is -2.27. The van der Waals surface area contributed by atoms with E-state index in [9.17, 15) is 0 Å². The monoisotopic (exact) mass is 236 g/mol. The van der Waals surface area contributed by atoms with E-state index in [0.29, 0.717) is 6.61 Å². The molecule has 2 rings (SSSR count). The molecule has 1 aliphatic heterocycles. The average molecular weight is 236 g/mol. The fourth-order valence-electron chi connectivity index (χ4n) is 1.69. The third kappa shape index (κ3) is 2.55. The molecule has 0 spiro atoms. The van der Waals surface area contributed by atoms with Crippen LogP contribution in [0.3, 0.4) is 0 Å². The predicted molar refractivity (Wildman–Crippen MR) is 66.6 cm³/mol. The zero-order valence-corrected chi connectivity index (χ0v) is 10.9. The van der Waals surface area contributed by atoms with Crippen LogP contribution in [0, 0.1) is 5.41 Å². The second-order valence-electron chi connectivity index (χ2n) is 5.50. The number of hydrogen-bond acceptors (Lipinski definition) is 3. The molecule has 0 bridgehead atoms. The quantitative estimate of drug-likeness (QED) is 0.753. The molecule has 0 radical (unpaired) electrons. The lowest BCUT2D eigenvalue weighted by Crippen LogP contribution is -2.36. The second-order valence-corrected chi connectivity index (χ2v) is 5.50. The molecular weight excluding hydrogens is 216 g/mol. The van der Waals surface area contributed by atoms with Gasteiger partial charge in [0.2, 0.25) is 0 Å². The maximum Gasteiger partial charge on any atom is 0.130 e. The fraction of sp³-hybridized carbons (Fsp3) is 0.571. The average Bonchev–Trinajstić information content (AvgIpc) is 3.07. The summed E-state index contributed by atoms with van der Waals surface area (Å²) < 4.78 is 16.5. The van der Waals surface area contributed by atoms with Gasteiger partial charge in [0.1, 0.15) is 23.7 Å². The Labute approximate surface area is 103 Å². The molecule has 1 saturated heterocycles. The highest BCUT2D eigenvalue weighted by Crippen LogP contribution is 2.44. The van der Waals surface area contributed by atoms with Crippen molar-refractivity contribution in [3.05, 3.63) is 24.3 Å². The zero-order chi connectivity index (χ0) is 12.5. The SMILES string of the molecule is COc1ccc(OCC2(C(C)(C)C)CO2)cc1. The molecule has 3 nitrogen and oxygen atoms in total. The molecule has 0 aromatic heterocycles. The maximum atomic E-state index is 5.78. The molecule has 1 heterocycles. The molecule has 1 atom stereocenters.